The van der Waals surface area contributed by atoms with Crippen LogP contribution in [-0.2, 0) is 17.6 Å². The van der Waals surface area contributed by atoms with Crippen LogP contribution in [0.3, 0.4) is 0 Å². The molecule has 0 spiro atoms. The Hall–Kier alpha value is -2.05. The van der Waals surface area contributed by atoms with Crippen molar-refractivity contribution in [3.8, 4) is 0 Å². The molecule has 0 atom stereocenters. The predicted octanol–water partition coefficient (Wildman–Crippen LogP) is 1.46. The number of fused-ring (bicyclic) bond motifs is 1. The number of carbonyl (C=O) groups is 1. The van der Waals surface area contributed by atoms with E-state index in [4.69, 9.17) is 10.5 Å². The van der Waals surface area contributed by atoms with Crippen molar-refractivity contribution in [1.29, 1.82) is 0 Å². The van der Waals surface area contributed by atoms with Gasteiger partial charge in [-0.15, -0.1) is 0 Å². The molecular weight excluding hydrogens is 294 g/mol. The number of nitrogen functional groups attached to an aromatic ring is 1. The monoisotopic (exact) mass is 319 g/mol. The van der Waals surface area contributed by atoms with E-state index in [-0.39, 0.29) is 6.09 Å². The van der Waals surface area contributed by atoms with Crippen molar-refractivity contribution in [2.24, 2.45) is 5.92 Å². The highest BCUT2D eigenvalue weighted by Gasteiger charge is 2.26. The summed E-state index contributed by atoms with van der Waals surface area (Å²) in [4.78, 5) is 25.0. The standard InChI is InChI=1S/C16H25N5O2/c1-11(2)10-23-16(22)21-8-6-20(7-9-21)15-18-13-5-3-4-12(13)14(17)19-15/h11H,3-10H2,1-2H3,(H2,17,18,19). The third kappa shape index (κ3) is 3.48. The van der Waals surface area contributed by atoms with Gasteiger partial charge >= 0.3 is 6.09 Å². The van der Waals surface area contributed by atoms with Crippen molar-refractivity contribution >= 4 is 17.9 Å². The van der Waals surface area contributed by atoms with E-state index in [1.807, 2.05) is 13.8 Å². The molecule has 0 aromatic carbocycles. The molecule has 1 amide bonds. The van der Waals surface area contributed by atoms with E-state index in [0.29, 0.717) is 50.5 Å². The summed E-state index contributed by atoms with van der Waals surface area (Å²) in [6, 6.07) is 0. The van der Waals surface area contributed by atoms with Crippen LogP contribution in [0.4, 0.5) is 16.6 Å². The summed E-state index contributed by atoms with van der Waals surface area (Å²) in [5, 5.41) is 0. The molecule has 23 heavy (non-hydrogen) atoms. The first-order chi connectivity index (χ1) is 11.0. The van der Waals surface area contributed by atoms with Crippen molar-refractivity contribution in [3.63, 3.8) is 0 Å². The number of anilines is 2. The second kappa shape index (κ2) is 6.60. The first-order valence-corrected chi connectivity index (χ1v) is 8.36. The minimum Gasteiger partial charge on any atom is -0.449 e. The predicted molar refractivity (Wildman–Crippen MR) is 88.4 cm³/mol. The first kappa shape index (κ1) is 15.8. The Labute approximate surface area is 136 Å². The minimum atomic E-state index is -0.229. The second-order valence-electron chi connectivity index (χ2n) is 6.63. The largest absolute Gasteiger partial charge is 0.449 e. The molecule has 1 aliphatic heterocycles. The number of rotatable bonds is 3. The minimum absolute atomic E-state index is 0.229. The summed E-state index contributed by atoms with van der Waals surface area (Å²) in [5.41, 5.74) is 8.27. The van der Waals surface area contributed by atoms with E-state index in [2.05, 4.69) is 14.9 Å². The molecule has 0 bridgehead atoms. The number of ether oxygens (including phenoxy) is 1. The Morgan fingerprint density at radius 3 is 2.65 bits per heavy atom. The van der Waals surface area contributed by atoms with E-state index in [1.54, 1.807) is 4.90 Å². The highest BCUT2D eigenvalue weighted by atomic mass is 16.6. The van der Waals surface area contributed by atoms with Crippen molar-refractivity contribution in [3.05, 3.63) is 11.3 Å². The number of amides is 1. The molecule has 7 heteroatoms. The van der Waals surface area contributed by atoms with Gasteiger partial charge in [-0.1, -0.05) is 13.8 Å². The third-order valence-corrected chi connectivity index (χ3v) is 4.31. The molecular formula is C16H25N5O2. The number of nitrogens with two attached hydrogens (primary N) is 1. The smallest absolute Gasteiger partial charge is 0.409 e. The van der Waals surface area contributed by atoms with Gasteiger partial charge in [0.2, 0.25) is 5.95 Å². The van der Waals surface area contributed by atoms with Gasteiger partial charge < -0.3 is 20.3 Å². The molecule has 126 valence electrons. The summed E-state index contributed by atoms with van der Waals surface area (Å²) in [5.74, 6) is 1.66. The molecule has 1 aliphatic carbocycles. The second-order valence-corrected chi connectivity index (χ2v) is 6.63. The van der Waals surface area contributed by atoms with Crippen LogP contribution in [0.1, 0.15) is 31.5 Å². The number of hydrogen-bond donors (Lipinski definition) is 1. The summed E-state index contributed by atoms with van der Waals surface area (Å²) < 4.78 is 5.28. The van der Waals surface area contributed by atoms with E-state index in [0.717, 1.165) is 30.5 Å². The summed E-state index contributed by atoms with van der Waals surface area (Å²) in [6.45, 7) is 7.17. The highest BCUT2D eigenvalue weighted by molar-refractivity contribution is 5.68. The first-order valence-electron chi connectivity index (χ1n) is 8.36. The van der Waals surface area contributed by atoms with Crippen LogP contribution in [0, 0.1) is 5.92 Å². The van der Waals surface area contributed by atoms with Crippen LogP contribution in [0.15, 0.2) is 0 Å². The number of piperazine rings is 1. The number of aromatic nitrogens is 2. The van der Waals surface area contributed by atoms with Crippen molar-refractivity contribution < 1.29 is 9.53 Å². The van der Waals surface area contributed by atoms with Gasteiger partial charge in [-0.2, -0.15) is 4.98 Å². The van der Waals surface area contributed by atoms with Gasteiger partial charge in [0.1, 0.15) is 5.82 Å². The van der Waals surface area contributed by atoms with Crippen molar-refractivity contribution in [2.45, 2.75) is 33.1 Å². The van der Waals surface area contributed by atoms with Gasteiger partial charge in [0.05, 0.1) is 12.3 Å². The van der Waals surface area contributed by atoms with Crippen molar-refractivity contribution in [1.82, 2.24) is 14.9 Å². The van der Waals surface area contributed by atoms with Crippen LogP contribution in [0.2, 0.25) is 0 Å². The Morgan fingerprint density at radius 2 is 1.96 bits per heavy atom. The van der Waals surface area contributed by atoms with Gasteiger partial charge in [0.15, 0.2) is 0 Å². The molecule has 2 aliphatic rings. The van der Waals surface area contributed by atoms with Crippen LogP contribution in [0.25, 0.3) is 0 Å². The maximum Gasteiger partial charge on any atom is 0.409 e. The molecule has 7 nitrogen and oxygen atoms in total. The SMILES string of the molecule is CC(C)COC(=O)N1CCN(c2nc(N)c3c(n2)CCC3)CC1. The average Bonchev–Trinajstić information content (AvgIpc) is 3.02. The lowest BCUT2D eigenvalue weighted by Gasteiger charge is -2.34. The normalized spacial score (nSPS) is 17.5. The van der Waals surface area contributed by atoms with Crippen molar-refractivity contribution in [2.75, 3.05) is 43.4 Å². The van der Waals surface area contributed by atoms with Gasteiger partial charge in [-0.3, -0.25) is 0 Å². The molecule has 0 unspecified atom stereocenters. The Kier molecular flexibility index (Phi) is 4.54. The van der Waals surface area contributed by atoms with E-state index >= 15 is 0 Å². The molecule has 1 fully saturated rings. The Bertz CT molecular complexity index is 582. The Morgan fingerprint density at radius 1 is 1.22 bits per heavy atom. The molecule has 1 saturated heterocycles. The zero-order valence-corrected chi connectivity index (χ0v) is 13.9. The summed E-state index contributed by atoms with van der Waals surface area (Å²) >= 11 is 0. The zero-order valence-electron chi connectivity index (χ0n) is 13.9. The fourth-order valence-electron chi connectivity index (χ4n) is 3.01. The zero-order chi connectivity index (χ0) is 16.4. The van der Waals surface area contributed by atoms with Gasteiger partial charge in [-0.05, 0) is 25.2 Å². The number of carbonyl (C=O) groups excluding carboxylic acids is 1. The average molecular weight is 319 g/mol. The lowest BCUT2D eigenvalue weighted by atomic mass is 10.2. The quantitative estimate of drug-likeness (QED) is 0.908. The van der Waals surface area contributed by atoms with E-state index < -0.39 is 0 Å². The number of nitrogens with zero attached hydrogens (tertiary/aromatic N) is 4. The van der Waals surface area contributed by atoms with Gasteiger partial charge in [0, 0.05) is 31.7 Å². The van der Waals surface area contributed by atoms with Gasteiger partial charge in [0.25, 0.3) is 0 Å². The van der Waals surface area contributed by atoms with Crippen LogP contribution >= 0.6 is 0 Å². The molecule has 2 N–H and O–H groups in total. The fourth-order valence-corrected chi connectivity index (χ4v) is 3.01. The fraction of sp³-hybridized carbons (Fsp3) is 0.688. The molecule has 2 heterocycles. The number of hydrogen-bond acceptors (Lipinski definition) is 6. The molecule has 1 aromatic heterocycles. The third-order valence-electron chi connectivity index (χ3n) is 4.31. The molecule has 0 radical (unpaired) electrons. The van der Waals surface area contributed by atoms with E-state index in [9.17, 15) is 4.79 Å². The van der Waals surface area contributed by atoms with E-state index in [1.165, 1.54) is 0 Å². The molecule has 1 aromatic rings. The van der Waals surface area contributed by atoms with Crippen LogP contribution in [-0.4, -0.2) is 53.7 Å². The molecule has 3 rings (SSSR count). The summed E-state index contributed by atoms with van der Waals surface area (Å²) in [7, 11) is 0. The molecule has 0 saturated carbocycles. The maximum absolute atomic E-state index is 12.0. The topological polar surface area (TPSA) is 84.6 Å². The van der Waals surface area contributed by atoms with Gasteiger partial charge in [-0.25, -0.2) is 9.78 Å². The lowest BCUT2D eigenvalue weighted by Crippen LogP contribution is -2.49. The van der Waals surface area contributed by atoms with Crippen LogP contribution in [0.5, 0.6) is 0 Å². The highest BCUT2D eigenvalue weighted by Crippen LogP contribution is 2.26. The Balaban J connectivity index is 1.59. The summed E-state index contributed by atoms with van der Waals surface area (Å²) in [6.07, 6.45) is 2.84. The lowest BCUT2D eigenvalue weighted by molar-refractivity contribution is 0.0900. The number of aryl methyl sites for hydroxylation is 1. The van der Waals surface area contributed by atoms with Crippen LogP contribution < -0.4 is 10.6 Å². The maximum atomic E-state index is 12.0.